The molecule has 1 aromatic carbocycles. The van der Waals surface area contributed by atoms with Gasteiger partial charge in [0.15, 0.2) is 0 Å². The molecule has 2 aromatic rings. The van der Waals surface area contributed by atoms with Crippen LogP contribution in [0.2, 0.25) is 5.02 Å². The minimum atomic E-state index is 0.588. The van der Waals surface area contributed by atoms with Gasteiger partial charge in [-0.15, -0.1) is 0 Å². The Hall–Kier alpha value is -1.52. The lowest BCUT2D eigenvalue weighted by atomic mass is 9.90. The Morgan fingerprint density at radius 3 is 2.64 bits per heavy atom. The summed E-state index contributed by atoms with van der Waals surface area (Å²) < 4.78 is 2.11. The Morgan fingerprint density at radius 1 is 1.16 bits per heavy atom. The molecule has 0 unspecified atom stereocenters. The maximum atomic E-state index is 6.07. The van der Waals surface area contributed by atoms with Crippen LogP contribution in [0.15, 0.2) is 24.3 Å². The summed E-state index contributed by atoms with van der Waals surface area (Å²) in [5.41, 5.74) is 3.87. The number of nitrogens with zero attached hydrogens (tertiary/aromatic N) is 3. The Balaban J connectivity index is 1.71. The first-order chi connectivity index (χ1) is 12.3. The Morgan fingerprint density at radius 2 is 1.92 bits per heavy atom. The summed E-state index contributed by atoms with van der Waals surface area (Å²) in [6.07, 6.45) is 6.05. The van der Waals surface area contributed by atoms with Gasteiger partial charge in [-0.2, -0.15) is 5.10 Å². The Bertz CT molecular complexity index is 714. The van der Waals surface area contributed by atoms with Crippen LogP contribution < -0.4 is 5.32 Å². The number of piperidine rings is 1. The van der Waals surface area contributed by atoms with Crippen LogP contribution in [0, 0.1) is 0 Å². The molecule has 0 radical (unpaired) electrons. The molecule has 4 nitrogen and oxygen atoms in total. The summed E-state index contributed by atoms with van der Waals surface area (Å²) in [6, 6.07) is 8.01. The number of halogens is 1. The van der Waals surface area contributed by atoms with E-state index >= 15 is 0 Å². The fraction of sp³-hybridized carbons (Fsp3) is 0.550. The molecule has 4 rings (SSSR count). The number of fused-ring (bicyclic) bond motifs is 1. The molecule has 0 amide bonds. The normalized spacial score (nSPS) is 19.3. The maximum absolute atomic E-state index is 6.07. The molecule has 1 fully saturated rings. The van der Waals surface area contributed by atoms with Crippen LogP contribution in [0.5, 0.6) is 0 Å². The topological polar surface area (TPSA) is 33.1 Å². The first-order valence-electron chi connectivity index (χ1n) is 9.60. The summed E-state index contributed by atoms with van der Waals surface area (Å²) in [6.45, 7) is 6.82. The summed E-state index contributed by atoms with van der Waals surface area (Å²) in [4.78, 5) is 2.55. The van der Waals surface area contributed by atoms with Crippen LogP contribution in [0.4, 0.5) is 5.82 Å². The summed E-state index contributed by atoms with van der Waals surface area (Å²) >= 11 is 6.07. The quantitative estimate of drug-likeness (QED) is 0.878. The Labute approximate surface area is 155 Å². The van der Waals surface area contributed by atoms with Crippen LogP contribution in [0.25, 0.3) is 5.69 Å². The second kappa shape index (κ2) is 7.38. The number of hydrogen-bond acceptors (Lipinski definition) is 3. The predicted octanol–water partition coefficient (Wildman–Crippen LogP) is 4.47. The zero-order valence-corrected chi connectivity index (χ0v) is 15.7. The molecule has 0 atom stereocenters. The van der Waals surface area contributed by atoms with Crippen molar-refractivity contribution in [1.82, 2.24) is 14.7 Å². The number of hydrogen-bond donors (Lipinski definition) is 1. The summed E-state index contributed by atoms with van der Waals surface area (Å²) in [5.74, 6) is 1.79. The van der Waals surface area contributed by atoms with E-state index in [9.17, 15) is 0 Å². The zero-order chi connectivity index (χ0) is 17.2. The van der Waals surface area contributed by atoms with Crippen LogP contribution >= 0.6 is 11.6 Å². The van der Waals surface area contributed by atoms with Crippen molar-refractivity contribution in [1.29, 1.82) is 0 Å². The van der Waals surface area contributed by atoms with Gasteiger partial charge in [-0.3, -0.25) is 0 Å². The summed E-state index contributed by atoms with van der Waals surface area (Å²) in [7, 11) is 0. The van der Waals surface area contributed by atoms with Gasteiger partial charge < -0.3 is 10.2 Å². The second-order valence-corrected chi connectivity index (χ2v) is 7.63. The van der Waals surface area contributed by atoms with E-state index in [1.165, 1.54) is 55.8 Å². The number of rotatable bonds is 3. The van der Waals surface area contributed by atoms with E-state index in [0.29, 0.717) is 5.92 Å². The lowest BCUT2D eigenvalue weighted by molar-refractivity contribution is 0.220. The third kappa shape index (κ3) is 3.42. The van der Waals surface area contributed by atoms with Crippen molar-refractivity contribution in [2.24, 2.45) is 0 Å². The van der Waals surface area contributed by atoms with E-state index in [0.717, 1.165) is 30.2 Å². The highest BCUT2D eigenvalue weighted by Gasteiger charge is 2.28. The molecule has 134 valence electrons. The SMILES string of the molecule is CCN1CCC(c2nn(-c3ccc(Cl)cc3)c3c2CCCCN3)CC1. The number of nitrogens with one attached hydrogen (secondary N) is 1. The highest BCUT2D eigenvalue weighted by Crippen LogP contribution is 2.36. The van der Waals surface area contributed by atoms with Gasteiger partial charge in [0.05, 0.1) is 11.4 Å². The van der Waals surface area contributed by atoms with Crippen molar-refractivity contribution in [2.75, 3.05) is 31.5 Å². The maximum Gasteiger partial charge on any atom is 0.133 e. The van der Waals surface area contributed by atoms with Gasteiger partial charge in [0.1, 0.15) is 5.82 Å². The molecule has 2 aliphatic rings. The van der Waals surface area contributed by atoms with Crippen molar-refractivity contribution in [3.8, 4) is 5.69 Å². The van der Waals surface area contributed by atoms with E-state index in [-0.39, 0.29) is 0 Å². The highest BCUT2D eigenvalue weighted by atomic mass is 35.5. The van der Waals surface area contributed by atoms with Gasteiger partial charge in [-0.05, 0) is 76.0 Å². The molecule has 1 aromatic heterocycles. The second-order valence-electron chi connectivity index (χ2n) is 7.19. The van der Waals surface area contributed by atoms with Crippen LogP contribution in [-0.2, 0) is 6.42 Å². The molecule has 1 saturated heterocycles. The van der Waals surface area contributed by atoms with Crippen LogP contribution in [0.3, 0.4) is 0 Å². The minimum absolute atomic E-state index is 0.588. The third-order valence-corrected chi connectivity index (χ3v) is 5.91. The minimum Gasteiger partial charge on any atom is -0.370 e. The van der Waals surface area contributed by atoms with E-state index in [1.807, 2.05) is 12.1 Å². The smallest absolute Gasteiger partial charge is 0.133 e. The molecule has 2 aliphatic heterocycles. The molecule has 1 N–H and O–H groups in total. The average Bonchev–Trinajstić information content (AvgIpc) is 2.84. The van der Waals surface area contributed by atoms with Crippen molar-refractivity contribution >= 4 is 17.4 Å². The average molecular weight is 359 g/mol. The fourth-order valence-corrected chi connectivity index (χ4v) is 4.27. The first-order valence-corrected chi connectivity index (χ1v) is 9.98. The Kier molecular flexibility index (Phi) is 5.00. The van der Waals surface area contributed by atoms with Gasteiger partial charge >= 0.3 is 0 Å². The molecule has 25 heavy (non-hydrogen) atoms. The number of likely N-dealkylation sites (tertiary alicyclic amines) is 1. The zero-order valence-electron chi connectivity index (χ0n) is 15.0. The standard InChI is InChI=1S/C20H27ClN4/c1-2-24-13-10-15(11-14-24)19-18-5-3-4-12-22-20(18)25(23-19)17-8-6-16(21)7-9-17/h6-9,15,22H,2-5,10-14H2,1H3. The lowest BCUT2D eigenvalue weighted by Gasteiger charge is -2.30. The van der Waals surface area contributed by atoms with Gasteiger partial charge in [-0.25, -0.2) is 4.68 Å². The summed E-state index contributed by atoms with van der Waals surface area (Å²) in [5, 5.41) is 9.51. The lowest BCUT2D eigenvalue weighted by Crippen LogP contribution is -2.33. The fourth-order valence-electron chi connectivity index (χ4n) is 4.15. The van der Waals surface area contributed by atoms with E-state index in [4.69, 9.17) is 16.7 Å². The molecule has 3 heterocycles. The van der Waals surface area contributed by atoms with Crippen LogP contribution in [0.1, 0.15) is 49.8 Å². The monoisotopic (exact) mass is 358 g/mol. The molecule has 0 bridgehead atoms. The number of aromatic nitrogens is 2. The number of anilines is 1. The predicted molar refractivity (Wildman–Crippen MR) is 104 cm³/mol. The van der Waals surface area contributed by atoms with Gasteiger partial charge in [0.25, 0.3) is 0 Å². The first kappa shape index (κ1) is 16.9. The molecular formula is C20H27ClN4. The van der Waals surface area contributed by atoms with E-state index in [1.54, 1.807) is 0 Å². The molecular weight excluding hydrogens is 332 g/mol. The van der Waals surface area contributed by atoms with Gasteiger partial charge in [-0.1, -0.05) is 18.5 Å². The van der Waals surface area contributed by atoms with E-state index in [2.05, 4.69) is 34.0 Å². The van der Waals surface area contributed by atoms with E-state index < -0.39 is 0 Å². The highest BCUT2D eigenvalue weighted by molar-refractivity contribution is 6.30. The molecule has 0 spiro atoms. The molecule has 5 heteroatoms. The van der Waals surface area contributed by atoms with Gasteiger partial charge in [0.2, 0.25) is 0 Å². The largest absolute Gasteiger partial charge is 0.370 e. The van der Waals surface area contributed by atoms with Crippen molar-refractivity contribution in [2.45, 2.75) is 44.9 Å². The van der Waals surface area contributed by atoms with Crippen molar-refractivity contribution in [3.63, 3.8) is 0 Å². The van der Waals surface area contributed by atoms with Crippen molar-refractivity contribution < 1.29 is 0 Å². The van der Waals surface area contributed by atoms with Crippen molar-refractivity contribution in [3.05, 3.63) is 40.5 Å². The molecule has 0 aliphatic carbocycles. The van der Waals surface area contributed by atoms with Gasteiger partial charge in [0, 0.05) is 23.0 Å². The molecule has 0 saturated carbocycles. The van der Waals surface area contributed by atoms with Crippen LogP contribution in [-0.4, -0.2) is 40.9 Å². The third-order valence-electron chi connectivity index (χ3n) is 5.65. The number of benzene rings is 1.